The average Bonchev–Trinajstić information content (AvgIpc) is 3.02. The second kappa shape index (κ2) is 6.41. The molecule has 0 radical (unpaired) electrons. The van der Waals surface area contributed by atoms with Gasteiger partial charge in [0.2, 0.25) is 11.7 Å². The van der Waals surface area contributed by atoms with Crippen molar-refractivity contribution >= 4 is 24.2 Å². The molecule has 0 saturated carbocycles. The molecule has 4 nitrogen and oxygen atoms in total. The molecule has 0 amide bonds. The number of nitrogens with one attached hydrogen (secondary N) is 1. The summed E-state index contributed by atoms with van der Waals surface area (Å²) in [4.78, 5) is 5.52. The molecule has 1 fully saturated rings. The lowest BCUT2D eigenvalue weighted by Crippen LogP contribution is -2.09. The van der Waals surface area contributed by atoms with E-state index in [0.717, 1.165) is 18.7 Å². The third-order valence-corrected chi connectivity index (χ3v) is 4.24. The third kappa shape index (κ3) is 3.49. The van der Waals surface area contributed by atoms with Crippen LogP contribution in [0.4, 0.5) is 0 Å². The van der Waals surface area contributed by atoms with Gasteiger partial charge in [-0.15, -0.1) is 24.2 Å². The van der Waals surface area contributed by atoms with Crippen molar-refractivity contribution in [3.8, 4) is 11.4 Å². The Morgan fingerprint density at radius 2 is 2.11 bits per heavy atom. The molecule has 1 aromatic heterocycles. The number of aryl methyl sites for hydroxylation is 1. The summed E-state index contributed by atoms with van der Waals surface area (Å²) in [7, 11) is 0. The maximum absolute atomic E-state index is 4.98. The Kier molecular flexibility index (Phi) is 4.85. The highest BCUT2D eigenvalue weighted by Crippen LogP contribution is 2.28. The summed E-state index contributed by atoms with van der Waals surface area (Å²) in [6, 6.07) is 8.36. The fourth-order valence-corrected chi connectivity index (χ4v) is 3.14. The molecule has 19 heavy (non-hydrogen) atoms. The van der Waals surface area contributed by atoms with Crippen molar-refractivity contribution in [1.82, 2.24) is 15.5 Å². The van der Waals surface area contributed by atoms with E-state index in [9.17, 15) is 0 Å². The summed E-state index contributed by atoms with van der Waals surface area (Å²) in [5, 5.41) is 7.99. The molecule has 1 N–H and O–H groups in total. The first-order valence-electron chi connectivity index (χ1n) is 6.09. The lowest BCUT2D eigenvalue weighted by atomic mass is 10.2. The molecule has 1 saturated heterocycles. The standard InChI is InChI=1S/C13H15N3OS.ClH/c1-9-15-13(16-17-9)10-2-4-11(5-3-10)18-12-6-7-14-8-12;/h2-5,12,14H,6-8H2,1H3;1H/t12-;/m1./s1. The number of hydrogen-bond donors (Lipinski definition) is 1. The second-order valence-electron chi connectivity index (χ2n) is 4.39. The van der Waals surface area contributed by atoms with Crippen LogP contribution >= 0.6 is 24.2 Å². The molecule has 6 heteroatoms. The first-order valence-corrected chi connectivity index (χ1v) is 6.97. The van der Waals surface area contributed by atoms with Gasteiger partial charge in [0.25, 0.3) is 0 Å². The monoisotopic (exact) mass is 297 g/mol. The van der Waals surface area contributed by atoms with E-state index in [1.54, 1.807) is 6.92 Å². The van der Waals surface area contributed by atoms with Crippen LogP contribution in [-0.2, 0) is 0 Å². The Balaban J connectivity index is 0.00000133. The second-order valence-corrected chi connectivity index (χ2v) is 5.77. The van der Waals surface area contributed by atoms with Crippen LogP contribution in [0.2, 0.25) is 0 Å². The highest BCUT2D eigenvalue weighted by Gasteiger charge is 2.15. The predicted octanol–water partition coefficient (Wildman–Crippen LogP) is 2.92. The van der Waals surface area contributed by atoms with Gasteiger partial charge in [-0.05, 0) is 37.2 Å². The van der Waals surface area contributed by atoms with Crippen molar-refractivity contribution in [3.63, 3.8) is 0 Å². The van der Waals surface area contributed by atoms with E-state index in [-0.39, 0.29) is 12.4 Å². The quantitative estimate of drug-likeness (QED) is 0.944. The number of rotatable bonds is 3. The van der Waals surface area contributed by atoms with Gasteiger partial charge in [-0.2, -0.15) is 4.98 Å². The van der Waals surface area contributed by atoms with Crippen LogP contribution in [0.1, 0.15) is 12.3 Å². The zero-order chi connectivity index (χ0) is 12.4. The van der Waals surface area contributed by atoms with Gasteiger partial charge in [-0.1, -0.05) is 5.16 Å². The number of aromatic nitrogens is 2. The van der Waals surface area contributed by atoms with E-state index in [2.05, 4.69) is 39.7 Å². The normalized spacial score (nSPS) is 18.3. The van der Waals surface area contributed by atoms with Crippen molar-refractivity contribution in [2.75, 3.05) is 13.1 Å². The Bertz CT molecular complexity index is 523. The summed E-state index contributed by atoms with van der Waals surface area (Å²) in [5.41, 5.74) is 1.00. The maximum Gasteiger partial charge on any atom is 0.223 e. The summed E-state index contributed by atoms with van der Waals surface area (Å²) in [6.07, 6.45) is 1.25. The van der Waals surface area contributed by atoms with E-state index in [0.29, 0.717) is 17.0 Å². The predicted molar refractivity (Wildman–Crippen MR) is 78.9 cm³/mol. The summed E-state index contributed by atoms with van der Waals surface area (Å²) in [6.45, 7) is 4.04. The summed E-state index contributed by atoms with van der Waals surface area (Å²) >= 11 is 1.93. The average molecular weight is 298 g/mol. The van der Waals surface area contributed by atoms with Crippen LogP contribution in [0.25, 0.3) is 11.4 Å². The maximum atomic E-state index is 4.98. The van der Waals surface area contributed by atoms with Gasteiger partial charge in [0.15, 0.2) is 0 Å². The van der Waals surface area contributed by atoms with Crippen LogP contribution in [0, 0.1) is 6.92 Å². The van der Waals surface area contributed by atoms with Crippen molar-refractivity contribution in [3.05, 3.63) is 30.2 Å². The molecule has 1 aromatic carbocycles. The fourth-order valence-electron chi connectivity index (χ4n) is 2.02. The van der Waals surface area contributed by atoms with E-state index < -0.39 is 0 Å². The van der Waals surface area contributed by atoms with Gasteiger partial charge in [0, 0.05) is 29.2 Å². The summed E-state index contributed by atoms with van der Waals surface area (Å²) < 4.78 is 4.98. The van der Waals surface area contributed by atoms with E-state index >= 15 is 0 Å². The highest BCUT2D eigenvalue weighted by molar-refractivity contribution is 8.00. The molecule has 0 unspecified atom stereocenters. The Morgan fingerprint density at radius 1 is 1.32 bits per heavy atom. The van der Waals surface area contributed by atoms with E-state index in [4.69, 9.17) is 4.52 Å². The van der Waals surface area contributed by atoms with E-state index in [1.807, 2.05) is 11.8 Å². The largest absolute Gasteiger partial charge is 0.339 e. The van der Waals surface area contributed by atoms with Crippen molar-refractivity contribution in [1.29, 1.82) is 0 Å². The van der Waals surface area contributed by atoms with Crippen LogP contribution < -0.4 is 5.32 Å². The number of nitrogens with zero attached hydrogens (tertiary/aromatic N) is 2. The third-order valence-electron chi connectivity index (χ3n) is 2.96. The molecule has 102 valence electrons. The fraction of sp³-hybridized carbons (Fsp3) is 0.385. The molecule has 2 heterocycles. The minimum absolute atomic E-state index is 0. The Hall–Kier alpha value is -1.04. The van der Waals surface area contributed by atoms with Crippen molar-refractivity contribution < 1.29 is 4.52 Å². The molecule has 0 spiro atoms. The van der Waals surface area contributed by atoms with Gasteiger partial charge in [-0.3, -0.25) is 0 Å². The van der Waals surface area contributed by atoms with Crippen LogP contribution in [0.5, 0.6) is 0 Å². The number of thioether (sulfide) groups is 1. The van der Waals surface area contributed by atoms with Crippen LogP contribution in [-0.4, -0.2) is 28.5 Å². The highest BCUT2D eigenvalue weighted by atomic mass is 35.5. The minimum Gasteiger partial charge on any atom is -0.339 e. The minimum atomic E-state index is 0. The molecule has 1 aliphatic rings. The summed E-state index contributed by atoms with van der Waals surface area (Å²) in [5.74, 6) is 1.26. The van der Waals surface area contributed by atoms with Crippen LogP contribution in [0.3, 0.4) is 0 Å². The van der Waals surface area contributed by atoms with Gasteiger partial charge in [0.05, 0.1) is 0 Å². The molecule has 2 aromatic rings. The number of halogens is 1. The molecule has 3 rings (SSSR count). The molecule has 0 bridgehead atoms. The zero-order valence-electron chi connectivity index (χ0n) is 10.6. The molecule has 0 aliphatic carbocycles. The SMILES string of the molecule is Cc1nc(-c2ccc(S[C@@H]3CCNC3)cc2)no1.Cl. The lowest BCUT2D eigenvalue weighted by Gasteiger charge is -2.07. The smallest absolute Gasteiger partial charge is 0.223 e. The molecule has 1 aliphatic heterocycles. The number of hydrogen-bond acceptors (Lipinski definition) is 5. The Labute approximate surface area is 122 Å². The first-order chi connectivity index (χ1) is 8.81. The number of benzene rings is 1. The lowest BCUT2D eigenvalue weighted by molar-refractivity contribution is 0.394. The topological polar surface area (TPSA) is 51.0 Å². The van der Waals surface area contributed by atoms with Gasteiger partial charge < -0.3 is 9.84 Å². The van der Waals surface area contributed by atoms with E-state index in [1.165, 1.54) is 11.3 Å². The Morgan fingerprint density at radius 3 is 2.68 bits per heavy atom. The molecule has 1 atom stereocenters. The van der Waals surface area contributed by atoms with Gasteiger partial charge in [-0.25, -0.2) is 0 Å². The van der Waals surface area contributed by atoms with Crippen molar-refractivity contribution in [2.45, 2.75) is 23.5 Å². The van der Waals surface area contributed by atoms with Crippen molar-refractivity contribution in [2.24, 2.45) is 0 Å². The van der Waals surface area contributed by atoms with Gasteiger partial charge >= 0.3 is 0 Å². The van der Waals surface area contributed by atoms with Crippen LogP contribution in [0.15, 0.2) is 33.7 Å². The first kappa shape index (κ1) is 14.4. The zero-order valence-corrected chi connectivity index (χ0v) is 12.3. The molecular weight excluding hydrogens is 282 g/mol. The van der Waals surface area contributed by atoms with Gasteiger partial charge in [0.1, 0.15) is 0 Å². The molecular formula is C13H16ClN3OS.